The number of nitrogen functional groups attached to an aromatic ring is 1. The van der Waals surface area contributed by atoms with Crippen LogP contribution in [-0.2, 0) is 6.54 Å². The van der Waals surface area contributed by atoms with E-state index in [0.717, 1.165) is 18.0 Å². The van der Waals surface area contributed by atoms with E-state index in [-0.39, 0.29) is 5.56 Å². The Morgan fingerprint density at radius 3 is 2.87 bits per heavy atom. The third-order valence-corrected chi connectivity index (χ3v) is 3.28. The summed E-state index contributed by atoms with van der Waals surface area (Å²) in [6.45, 7) is 4.87. The number of aryl methyl sites for hydroxylation is 1. The summed E-state index contributed by atoms with van der Waals surface area (Å²) in [4.78, 5) is 11.7. The van der Waals surface area contributed by atoms with Crippen molar-refractivity contribution in [3.8, 4) is 0 Å². The normalized spacial score (nSPS) is 17.7. The highest BCUT2D eigenvalue weighted by Gasteiger charge is 2.28. The van der Waals surface area contributed by atoms with Crippen LogP contribution in [0.25, 0.3) is 0 Å². The van der Waals surface area contributed by atoms with Crippen molar-refractivity contribution < 1.29 is 0 Å². The molecule has 1 unspecified atom stereocenters. The molecule has 3 nitrogen and oxygen atoms in total. The molecule has 0 amide bonds. The monoisotopic (exact) mass is 206 g/mol. The second-order valence-corrected chi connectivity index (χ2v) is 4.72. The van der Waals surface area contributed by atoms with E-state index in [0.29, 0.717) is 11.6 Å². The van der Waals surface area contributed by atoms with Gasteiger partial charge in [-0.05, 0) is 37.2 Å². The van der Waals surface area contributed by atoms with E-state index >= 15 is 0 Å². The van der Waals surface area contributed by atoms with Crippen LogP contribution in [-0.4, -0.2) is 4.57 Å². The van der Waals surface area contributed by atoms with Gasteiger partial charge in [-0.3, -0.25) is 4.79 Å². The van der Waals surface area contributed by atoms with Crippen molar-refractivity contribution in [3.05, 3.63) is 28.2 Å². The number of aromatic nitrogens is 1. The maximum atomic E-state index is 11.7. The summed E-state index contributed by atoms with van der Waals surface area (Å²) in [7, 11) is 0. The molecule has 1 saturated carbocycles. The quantitative estimate of drug-likeness (QED) is 0.819. The molecule has 0 bridgehead atoms. The maximum Gasteiger partial charge on any atom is 0.250 e. The zero-order valence-corrected chi connectivity index (χ0v) is 9.36. The number of anilines is 1. The van der Waals surface area contributed by atoms with Gasteiger partial charge in [-0.15, -0.1) is 0 Å². The molecular formula is C12H18N2O. The standard InChI is InChI=1S/C12H18N2O/c1-8-5-12(15)14(7-11(8)13)6-9(2)10-3-4-10/h5,7,9-10H,3-4,6,13H2,1-2H3. The highest BCUT2D eigenvalue weighted by Crippen LogP contribution is 2.37. The molecule has 0 saturated heterocycles. The summed E-state index contributed by atoms with van der Waals surface area (Å²) in [5.41, 5.74) is 7.44. The van der Waals surface area contributed by atoms with Gasteiger partial charge in [0.1, 0.15) is 0 Å². The fourth-order valence-electron chi connectivity index (χ4n) is 1.95. The fourth-order valence-corrected chi connectivity index (χ4v) is 1.95. The highest BCUT2D eigenvalue weighted by atomic mass is 16.1. The molecule has 1 aliphatic carbocycles. The summed E-state index contributed by atoms with van der Waals surface area (Å²) in [5, 5.41) is 0. The van der Waals surface area contributed by atoms with Crippen molar-refractivity contribution >= 4 is 5.69 Å². The first-order valence-corrected chi connectivity index (χ1v) is 5.54. The van der Waals surface area contributed by atoms with Gasteiger partial charge in [0.25, 0.3) is 5.56 Å². The summed E-state index contributed by atoms with van der Waals surface area (Å²) < 4.78 is 1.74. The van der Waals surface area contributed by atoms with Gasteiger partial charge in [0.05, 0.1) is 5.69 Å². The Balaban J connectivity index is 2.20. The second-order valence-electron chi connectivity index (χ2n) is 4.72. The van der Waals surface area contributed by atoms with Gasteiger partial charge in [0.15, 0.2) is 0 Å². The van der Waals surface area contributed by atoms with E-state index in [4.69, 9.17) is 5.73 Å². The van der Waals surface area contributed by atoms with E-state index in [1.807, 2.05) is 6.92 Å². The van der Waals surface area contributed by atoms with Crippen LogP contribution in [0.4, 0.5) is 5.69 Å². The Bertz CT molecular complexity index is 418. The lowest BCUT2D eigenvalue weighted by Gasteiger charge is -2.13. The molecule has 0 radical (unpaired) electrons. The molecule has 2 N–H and O–H groups in total. The molecule has 0 aliphatic heterocycles. The molecule has 2 rings (SSSR count). The molecule has 1 atom stereocenters. The third-order valence-electron chi connectivity index (χ3n) is 3.28. The van der Waals surface area contributed by atoms with Gasteiger partial charge in [-0.2, -0.15) is 0 Å². The number of rotatable bonds is 3. The largest absolute Gasteiger partial charge is 0.397 e. The predicted octanol–water partition coefficient (Wildman–Crippen LogP) is 1.79. The third kappa shape index (κ3) is 2.22. The predicted molar refractivity (Wildman–Crippen MR) is 61.7 cm³/mol. The molecule has 1 aromatic rings. The Hall–Kier alpha value is -1.25. The second kappa shape index (κ2) is 3.72. The minimum Gasteiger partial charge on any atom is -0.397 e. The molecule has 82 valence electrons. The zero-order chi connectivity index (χ0) is 11.0. The summed E-state index contributed by atoms with van der Waals surface area (Å²) in [6, 6.07) is 1.62. The van der Waals surface area contributed by atoms with Gasteiger partial charge >= 0.3 is 0 Å². The van der Waals surface area contributed by atoms with Crippen molar-refractivity contribution in [2.24, 2.45) is 11.8 Å². The SMILES string of the molecule is Cc1cc(=O)n(CC(C)C2CC2)cc1N. The fraction of sp³-hybridized carbons (Fsp3) is 0.583. The molecule has 0 spiro atoms. The Morgan fingerprint density at radius 1 is 1.60 bits per heavy atom. The maximum absolute atomic E-state index is 11.7. The molecule has 3 heteroatoms. The van der Waals surface area contributed by atoms with Crippen LogP contribution in [0.2, 0.25) is 0 Å². The average molecular weight is 206 g/mol. The Labute approximate surface area is 89.9 Å². The lowest BCUT2D eigenvalue weighted by molar-refractivity contribution is 0.423. The molecular weight excluding hydrogens is 188 g/mol. The smallest absolute Gasteiger partial charge is 0.250 e. The number of pyridine rings is 1. The van der Waals surface area contributed by atoms with E-state index in [2.05, 4.69) is 6.92 Å². The first kappa shape index (κ1) is 10.3. The topological polar surface area (TPSA) is 48.0 Å². The van der Waals surface area contributed by atoms with Crippen LogP contribution >= 0.6 is 0 Å². The summed E-state index contributed by atoms with van der Waals surface area (Å²) in [5.74, 6) is 1.41. The van der Waals surface area contributed by atoms with E-state index < -0.39 is 0 Å². The lowest BCUT2D eigenvalue weighted by Crippen LogP contribution is -2.23. The van der Waals surface area contributed by atoms with Crippen molar-refractivity contribution in [1.82, 2.24) is 4.57 Å². The number of hydrogen-bond donors (Lipinski definition) is 1. The number of nitrogens with two attached hydrogens (primary N) is 1. The minimum atomic E-state index is 0.0641. The van der Waals surface area contributed by atoms with Crippen molar-refractivity contribution in [2.45, 2.75) is 33.2 Å². The van der Waals surface area contributed by atoms with Gasteiger partial charge < -0.3 is 10.3 Å². The average Bonchev–Trinajstić information content (AvgIpc) is 2.97. The van der Waals surface area contributed by atoms with E-state index in [1.165, 1.54) is 12.8 Å². The van der Waals surface area contributed by atoms with Crippen molar-refractivity contribution in [2.75, 3.05) is 5.73 Å². The molecule has 0 aromatic carbocycles. The molecule has 15 heavy (non-hydrogen) atoms. The van der Waals surface area contributed by atoms with Gasteiger partial charge in [-0.1, -0.05) is 6.92 Å². The highest BCUT2D eigenvalue weighted by molar-refractivity contribution is 5.42. The van der Waals surface area contributed by atoms with Crippen molar-refractivity contribution in [3.63, 3.8) is 0 Å². The van der Waals surface area contributed by atoms with Crippen LogP contribution in [0, 0.1) is 18.8 Å². The van der Waals surface area contributed by atoms with Crippen molar-refractivity contribution in [1.29, 1.82) is 0 Å². The van der Waals surface area contributed by atoms with E-state index in [1.54, 1.807) is 16.8 Å². The summed E-state index contributed by atoms with van der Waals surface area (Å²) in [6.07, 6.45) is 4.41. The van der Waals surface area contributed by atoms with Gasteiger partial charge in [0.2, 0.25) is 0 Å². The van der Waals surface area contributed by atoms with Gasteiger partial charge in [0, 0.05) is 18.8 Å². The molecule has 1 aliphatic rings. The van der Waals surface area contributed by atoms with Crippen LogP contribution in [0.15, 0.2) is 17.1 Å². The first-order chi connectivity index (χ1) is 7.08. The van der Waals surface area contributed by atoms with Crippen LogP contribution < -0.4 is 11.3 Å². The zero-order valence-electron chi connectivity index (χ0n) is 9.36. The van der Waals surface area contributed by atoms with Crippen LogP contribution in [0.3, 0.4) is 0 Å². The molecule has 1 heterocycles. The molecule has 1 fully saturated rings. The minimum absolute atomic E-state index is 0.0641. The van der Waals surface area contributed by atoms with Crippen LogP contribution in [0.1, 0.15) is 25.3 Å². The summed E-state index contributed by atoms with van der Waals surface area (Å²) >= 11 is 0. The van der Waals surface area contributed by atoms with Gasteiger partial charge in [-0.25, -0.2) is 0 Å². The lowest BCUT2D eigenvalue weighted by atomic mass is 10.1. The first-order valence-electron chi connectivity index (χ1n) is 5.54. The Morgan fingerprint density at radius 2 is 2.27 bits per heavy atom. The van der Waals surface area contributed by atoms with E-state index in [9.17, 15) is 4.79 Å². The Kier molecular flexibility index (Phi) is 2.55. The molecule has 1 aromatic heterocycles. The number of nitrogens with zero attached hydrogens (tertiary/aromatic N) is 1. The number of hydrogen-bond acceptors (Lipinski definition) is 2. The van der Waals surface area contributed by atoms with Crippen LogP contribution in [0.5, 0.6) is 0 Å².